The lowest BCUT2D eigenvalue weighted by atomic mass is 9.92. The Morgan fingerprint density at radius 2 is 2.28 bits per heavy atom. The molecule has 1 saturated heterocycles. The number of nitrogens with two attached hydrogens (primary N) is 1. The fourth-order valence-electron chi connectivity index (χ4n) is 2.13. The number of carboxylic acids is 1. The van der Waals surface area contributed by atoms with Crippen LogP contribution in [0.15, 0.2) is 0 Å². The molecule has 8 heteroatoms. The van der Waals surface area contributed by atoms with Crippen molar-refractivity contribution in [3.8, 4) is 0 Å². The fraction of sp³-hybridized carbons (Fsp3) is 0.600. The number of carbonyl (C=O) groups excluding carboxylic acids is 1. The Balaban J connectivity index is 2.20. The van der Waals surface area contributed by atoms with Gasteiger partial charge in [-0.3, -0.25) is 9.89 Å². The maximum absolute atomic E-state index is 12.1. The summed E-state index contributed by atoms with van der Waals surface area (Å²) in [4.78, 5) is 28.3. The van der Waals surface area contributed by atoms with Crippen molar-refractivity contribution in [3.63, 3.8) is 0 Å². The number of carbonyl (C=O) groups is 2. The van der Waals surface area contributed by atoms with Gasteiger partial charge in [-0.25, -0.2) is 4.79 Å². The molecule has 4 N–H and O–H groups in total. The van der Waals surface area contributed by atoms with E-state index in [1.807, 2.05) is 6.92 Å². The second-order valence-electron chi connectivity index (χ2n) is 4.52. The summed E-state index contributed by atoms with van der Waals surface area (Å²) in [6.45, 7) is 2.38. The average Bonchev–Trinajstić information content (AvgIpc) is 2.75. The van der Waals surface area contributed by atoms with E-state index in [1.54, 1.807) is 0 Å². The van der Waals surface area contributed by atoms with Crippen LogP contribution in [0.25, 0.3) is 0 Å². The van der Waals surface area contributed by atoms with Crippen LogP contribution in [-0.4, -0.2) is 49.7 Å². The van der Waals surface area contributed by atoms with Crippen LogP contribution in [0.4, 0.5) is 5.95 Å². The van der Waals surface area contributed by atoms with Crippen molar-refractivity contribution in [2.75, 3.05) is 12.3 Å². The van der Waals surface area contributed by atoms with E-state index in [4.69, 9.17) is 10.8 Å². The van der Waals surface area contributed by atoms with E-state index in [2.05, 4.69) is 15.2 Å². The number of aromatic amines is 1. The van der Waals surface area contributed by atoms with Gasteiger partial charge in [0.1, 0.15) is 6.04 Å². The van der Waals surface area contributed by atoms with Crippen LogP contribution < -0.4 is 5.73 Å². The zero-order valence-electron chi connectivity index (χ0n) is 9.96. The van der Waals surface area contributed by atoms with Crippen molar-refractivity contribution in [2.24, 2.45) is 5.92 Å². The van der Waals surface area contributed by atoms with Crippen LogP contribution in [0.3, 0.4) is 0 Å². The van der Waals surface area contributed by atoms with Gasteiger partial charge in [0.05, 0.1) is 0 Å². The first-order chi connectivity index (χ1) is 8.49. The molecule has 0 radical (unpaired) electrons. The van der Waals surface area contributed by atoms with Crippen LogP contribution in [0.1, 0.15) is 30.4 Å². The minimum Gasteiger partial charge on any atom is -0.480 e. The quantitative estimate of drug-likeness (QED) is 0.665. The summed E-state index contributed by atoms with van der Waals surface area (Å²) >= 11 is 0. The summed E-state index contributed by atoms with van der Waals surface area (Å²) in [5.41, 5.74) is 5.32. The molecule has 0 spiro atoms. The first kappa shape index (κ1) is 12.3. The van der Waals surface area contributed by atoms with Gasteiger partial charge < -0.3 is 15.7 Å². The minimum absolute atomic E-state index is 0.0201. The number of aliphatic carboxylic acids is 1. The maximum Gasteiger partial charge on any atom is 0.326 e. The van der Waals surface area contributed by atoms with E-state index in [0.29, 0.717) is 13.0 Å². The number of aromatic nitrogens is 3. The second-order valence-corrected chi connectivity index (χ2v) is 4.52. The molecule has 1 aliphatic rings. The van der Waals surface area contributed by atoms with E-state index in [9.17, 15) is 9.59 Å². The molecule has 98 valence electrons. The number of hydrogen-bond acceptors (Lipinski definition) is 5. The lowest BCUT2D eigenvalue weighted by Crippen LogP contribution is -2.50. The molecule has 8 nitrogen and oxygen atoms in total. The number of piperidine rings is 1. The number of nitrogens with one attached hydrogen (secondary N) is 1. The van der Waals surface area contributed by atoms with Gasteiger partial charge in [0, 0.05) is 6.54 Å². The normalized spacial score (nSPS) is 23.9. The molecule has 1 aromatic heterocycles. The summed E-state index contributed by atoms with van der Waals surface area (Å²) in [6.07, 6.45) is 1.23. The highest BCUT2D eigenvalue weighted by Crippen LogP contribution is 2.23. The molecule has 2 unspecified atom stereocenters. The molecule has 0 saturated carbocycles. The monoisotopic (exact) mass is 253 g/mol. The summed E-state index contributed by atoms with van der Waals surface area (Å²) in [6, 6.07) is -0.812. The zero-order chi connectivity index (χ0) is 13.3. The smallest absolute Gasteiger partial charge is 0.326 e. The standard InChI is InChI=1S/C10H15N5O3/c1-5-2-3-15(6(4-5)9(17)18)8(16)7-12-10(11)14-13-7/h5-6H,2-4H2,1H3,(H,17,18)(H3,11,12,13,14). The third kappa shape index (κ3) is 2.27. The molecular weight excluding hydrogens is 238 g/mol. The minimum atomic E-state index is -0.998. The largest absolute Gasteiger partial charge is 0.480 e. The van der Waals surface area contributed by atoms with Gasteiger partial charge in [-0.1, -0.05) is 6.92 Å². The summed E-state index contributed by atoms with van der Waals surface area (Å²) in [5, 5.41) is 15.1. The lowest BCUT2D eigenvalue weighted by molar-refractivity contribution is -0.144. The van der Waals surface area contributed by atoms with Crippen molar-refractivity contribution in [3.05, 3.63) is 5.82 Å². The molecule has 1 aromatic rings. The Morgan fingerprint density at radius 3 is 2.83 bits per heavy atom. The van der Waals surface area contributed by atoms with Gasteiger partial charge in [-0.05, 0) is 18.8 Å². The highest BCUT2D eigenvalue weighted by molar-refractivity contribution is 5.93. The third-order valence-electron chi connectivity index (χ3n) is 3.12. The van der Waals surface area contributed by atoms with Crippen LogP contribution >= 0.6 is 0 Å². The van der Waals surface area contributed by atoms with E-state index < -0.39 is 17.9 Å². The molecule has 0 aromatic carbocycles. The first-order valence-corrected chi connectivity index (χ1v) is 5.70. The molecule has 1 fully saturated rings. The zero-order valence-corrected chi connectivity index (χ0v) is 9.96. The molecule has 0 bridgehead atoms. The van der Waals surface area contributed by atoms with Crippen molar-refractivity contribution in [1.29, 1.82) is 0 Å². The van der Waals surface area contributed by atoms with Gasteiger partial charge in [-0.2, -0.15) is 4.98 Å². The summed E-state index contributed by atoms with van der Waals surface area (Å²) < 4.78 is 0. The molecule has 1 aliphatic heterocycles. The van der Waals surface area contributed by atoms with Crippen LogP contribution in [0, 0.1) is 5.92 Å². The molecular formula is C10H15N5O3. The van der Waals surface area contributed by atoms with Crippen LogP contribution in [-0.2, 0) is 4.79 Å². The number of nitrogen functional groups attached to an aromatic ring is 1. The predicted molar refractivity (Wildman–Crippen MR) is 61.7 cm³/mol. The van der Waals surface area contributed by atoms with Gasteiger partial charge in [-0.15, -0.1) is 5.10 Å². The molecule has 1 amide bonds. The fourth-order valence-corrected chi connectivity index (χ4v) is 2.13. The average molecular weight is 253 g/mol. The third-order valence-corrected chi connectivity index (χ3v) is 3.12. The Hall–Kier alpha value is -2.12. The number of nitrogens with zero attached hydrogens (tertiary/aromatic N) is 3. The van der Waals surface area contributed by atoms with Crippen molar-refractivity contribution >= 4 is 17.8 Å². The number of anilines is 1. The lowest BCUT2D eigenvalue weighted by Gasteiger charge is -2.35. The van der Waals surface area contributed by atoms with Crippen LogP contribution in [0.5, 0.6) is 0 Å². The number of amides is 1. The second kappa shape index (κ2) is 4.63. The molecule has 2 atom stereocenters. The molecule has 18 heavy (non-hydrogen) atoms. The Bertz CT molecular complexity index is 472. The highest BCUT2D eigenvalue weighted by atomic mass is 16.4. The van der Waals surface area contributed by atoms with Crippen molar-refractivity contribution < 1.29 is 14.7 Å². The summed E-state index contributed by atoms with van der Waals surface area (Å²) in [5.74, 6) is -1.24. The maximum atomic E-state index is 12.1. The Morgan fingerprint density at radius 1 is 1.56 bits per heavy atom. The van der Waals surface area contributed by atoms with Crippen molar-refractivity contribution in [1.82, 2.24) is 20.1 Å². The topological polar surface area (TPSA) is 125 Å². The van der Waals surface area contributed by atoms with Crippen LogP contribution in [0.2, 0.25) is 0 Å². The predicted octanol–water partition coefficient (Wildman–Crippen LogP) is -0.288. The number of rotatable bonds is 2. The van der Waals surface area contributed by atoms with Gasteiger partial charge in [0.25, 0.3) is 5.91 Å². The van der Waals surface area contributed by atoms with E-state index >= 15 is 0 Å². The number of hydrogen-bond donors (Lipinski definition) is 3. The SMILES string of the molecule is CC1CCN(C(=O)c2nc(N)n[nH]2)C(C(=O)O)C1. The molecule has 0 aliphatic carbocycles. The van der Waals surface area contributed by atoms with E-state index in [1.165, 1.54) is 4.90 Å². The molecule has 2 rings (SSSR count). The molecule has 2 heterocycles. The number of carboxylic acid groups (broad SMARTS) is 1. The Labute approximate surface area is 103 Å². The highest BCUT2D eigenvalue weighted by Gasteiger charge is 2.36. The van der Waals surface area contributed by atoms with Gasteiger partial charge in [0.15, 0.2) is 0 Å². The number of H-pyrrole nitrogens is 1. The van der Waals surface area contributed by atoms with Gasteiger partial charge in [0.2, 0.25) is 11.8 Å². The van der Waals surface area contributed by atoms with E-state index in [0.717, 1.165) is 6.42 Å². The van der Waals surface area contributed by atoms with Gasteiger partial charge >= 0.3 is 5.97 Å². The van der Waals surface area contributed by atoms with Crippen molar-refractivity contribution in [2.45, 2.75) is 25.8 Å². The first-order valence-electron chi connectivity index (χ1n) is 5.70. The van der Waals surface area contributed by atoms with E-state index in [-0.39, 0.29) is 17.7 Å². The Kier molecular flexibility index (Phi) is 3.17. The number of likely N-dealkylation sites (tertiary alicyclic amines) is 1. The summed E-state index contributed by atoms with van der Waals surface area (Å²) in [7, 11) is 0.